The topological polar surface area (TPSA) is 37.4 Å². The minimum absolute atomic E-state index is 0.283. The Balaban J connectivity index is 2.59. The second-order valence-electron chi connectivity index (χ2n) is 4.86. The van der Waals surface area contributed by atoms with Gasteiger partial charge in [-0.05, 0) is 45.0 Å². The van der Waals surface area contributed by atoms with Gasteiger partial charge >= 0.3 is 0 Å². The summed E-state index contributed by atoms with van der Waals surface area (Å²) in [5, 5.41) is 3.13. The van der Waals surface area contributed by atoms with Crippen molar-refractivity contribution in [3.8, 4) is 0 Å². The molecule has 0 fully saturated rings. The number of nitrogens with one attached hydrogen (secondary N) is 1. The fourth-order valence-corrected chi connectivity index (χ4v) is 1.86. The predicted molar refractivity (Wildman–Crippen MR) is 76.1 cm³/mol. The van der Waals surface area contributed by atoms with E-state index in [1.165, 1.54) is 11.1 Å². The van der Waals surface area contributed by atoms with E-state index < -0.39 is 0 Å². The van der Waals surface area contributed by atoms with Crippen LogP contribution in [0, 0.1) is 6.92 Å². The Labute approximate surface area is 110 Å². The van der Waals surface area contributed by atoms with E-state index in [1.54, 1.807) is 0 Å². The summed E-state index contributed by atoms with van der Waals surface area (Å²) in [6.45, 7) is 8.65. The Morgan fingerprint density at radius 2 is 2.17 bits per heavy atom. The Morgan fingerprint density at radius 1 is 1.44 bits per heavy atom. The van der Waals surface area contributed by atoms with Crippen molar-refractivity contribution in [3.05, 3.63) is 23.4 Å². The van der Waals surface area contributed by atoms with Crippen LogP contribution in [-0.4, -0.2) is 38.3 Å². The average molecular weight is 251 g/mol. The van der Waals surface area contributed by atoms with Crippen LogP contribution >= 0.6 is 0 Å². The summed E-state index contributed by atoms with van der Waals surface area (Å²) < 4.78 is 5.56. The van der Waals surface area contributed by atoms with Gasteiger partial charge in [-0.3, -0.25) is 0 Å². The molecule has 0 unspecified atom stereocenters. The lowest BCUT2D eigenvalue weighted by atomic mass is 10.2. The minimum atomic E-state index is 0.283. The zero-order valence-electron chi connectivity index (χ0n) is 12.2. The molecule has 102 valence electrons. The second kappa shape index (κ2) is 7.34. The molecule has 4 nitrogen and oxygen atoms in total. The van der Waals surface area contributed by atoms with E-state index in [9.17, 15) is 0 Å². The first kappa shape index (κ1) is 14.9. The van der Waals surface area contributed by atoms with Crippen molar-refractivity contribution < 1.29 is 4.74 Å². The van der Waals surface area contributed by atoms with Crippen LogP contribution in [0.5, 0.6) is 0 Å². The zero-order valence-corrected chi connectivity index (χ0v) is 12.2. The number of rotatable bonds is 7. The Hall–Kier alpha value is -1.13. The lowest BCUT2D eigenvalue weighted by molar-refractivity contribution is 0.0845. The van der Waals surface area contributed by atoms with E-state index in [4.69, 9.17) is 4.74 Å². The van der Waals surface area contributed by atoms with Crippen molar-refractivity contribution in [2.45, 2.75) is 33.4 Å². The fraction of sp³-hybridized carbons (Fsp3) is 0.643. The molecule has 4 heteroatoms. The third-order valence-corrected chi connectivity index (χ3v) is 2.73. The first-order valence-electron chi connectivity index (χ1n) is 6.47. The van der Waals surface area contributed by atoms with E-state index in [1.807, 2.05) is 13.2 Å². The van der Waals surface area contributed by atoms with Crippen molar-refractivity contribution in [2.75, 3.05) is 32.1 Å². The van der Waals surface area contributed by atoms with Crippen LogP contribution in [0.1, 0.15) is 25.0 Å². The SMILES string of the molecule is CNCc1cnc(N(C)CCOC(C)C)c(C)c1. The number of likely N-dealkylation sites (N-methyl/N-ethyl adjacent to an activating group) is 1. The molecule has 0 spiro atoms. The van der Waals surface area contributed by atoms with Gasteiger partial charge in [0, 0.05) is 26.3 Å². The largest absolute Gasteiger partial charge is 0.377 e. The summed E-state index contributed by atoms with van der Waals surface area (Å²) in [5.41, 5.74) is 2.42. The Kier molecular flexibility index (Phi) is 6.09. The maximum atomic E-state index is 5.56. The van der Waals surface area contributed by atoms with Gasteiger partial charge in [0.25, 0.3) is 0 Å². The van der Waals surface area contributed by atoms with E-state index in [-0.39, 0.29) is 6.10 Å². The van der Waals surface area contributed by atoms with Gasteiger partial charge in [-0.2, -0.15) is 0 Å². The zero-order chi connectivity index (χ0) is 13.5. The van der Waals surface area contributed by atoms with Crippen molar-refractivity contribution in [1.29, 1.82) is 0 Å². The molecule has 0 amide bonds. The molecule has 1 rings (SSSR count). The highest BCUT2D eigenvalue weighted by atomic mass is 16.5. The maximum Gasteiger partial charge on any atom is 0.131 e. The first-order valence-corrected chi connectivity index (χ1v) is 6.47. The van der Waals surface area contributed by atoms with Crippen molar-refractivity contribution >= 4 is 5.82 Å². The molecule has 1 aromatic heterocycles. The first-order chi connectivity index (χ1) is 8.54. The Morgan fingerprint density at radius 3 is 2.72 bits per heavy atom. The van der Waals surface area contributed by atoms with Crippen molar-refractivity contribution in [1.82, 2.24) is 10.3 Å². The third kappa shape index (κ3) is 4.63. The molecule has 18 heavy (non-hydrogen) atoms. The fourth-order valence-electron chi connectivity index (χ4n) is 1.86. The molecule has 1 aromatic rings. The van der Waals surface area contributed by atoms with Crippen LogP contribution in [0.4, 0.5) is 5.82 Å². The van der Waals surface area contributed by atoms with E-state index in [0.717, 1.165) is 25.5 Å². The molecular formula is C14H25N3O. The van der Waals surface area contributed by atoms with Crippen molar-refractivity contribution in [2.24, 2.45) is 0 Å². The van der Waals surface area contributed by atoms with Gasteiger partial charge in [-0.15, -0.1) is 0 Å². The molecule has 1 N–H and O–H groups in total. The molecule has 0 bridgehead atoms. The number of anilines is 1. The highest BCUT2D eigenvalue weighted by Crippen LogP contribution is 2.16. The highest BCUT2D eigenvalue weighted by molar-refractivity contribution is 5.46. The van der Waals surface area contributed by atoms with Gasteiger partial charge in [0.2, 0.25) is 0 Å². The summed E-state index contributed by atoms with van der Waals surface area (Å²) in [7, 11) is 4.00. The van der Waals surface area contributed by atoms with Crippen molar-refractivity contribution in [3.63, 3.8) is 0 Å². The average Bonchev–Trinajstić information content (AvgIpc) is 2.28. The van der Waals surface area contributed by atoms with E-state index >= 15 is 0 Å². The molecular weight excluding hydrogens is 226 g/mol. The molecule has 1 heterocycles. The van der Waals surface area contributed by atoms with Gasteiger partial charge in [0.05, 0.1) is 12.7 Å². The molecule has 0 radical (unpaired) electrons. The minimum Gasteiger partial charge on any atom is -0.377 e. The number of ether oxygens (including phenoxy) is 1. The summed E-state index contributed by atoms with van der Waals surface area (Å²) in [6, 6.07) is 2.18. The second-order valence-corrected chi connectivity index (χ2v) is 4.86. The van der Waals surface area contributed by atoms with Gasteiger partial charge in [-0.1, -0.05) is 0 Å². The summed E-state index contributed by atoms with van der Waals surface area (Å²) >= 11 is 0. The van der Waals surface area contributed by atoms with Crippen LogP contribution in [-0.2, 0) is 11.3 Å². The smallest absolute Gasteiger partial charge is 0.131 e. The van der Waals surface area contributed by atoms with Gasteiger partial charge in [-0.25, -0.2) is 4.98 Å². The van der Waals surface area contributed by atoms with Gasteiger partial charge in [0.1, 0.15) is 5.82 Å². The Bertz CT molecular complexity index is 366. The quantitative estimate of drug-likeness (QED) is 0.804. The van der Waals surface area contributed by atoms with Crippen LogP contribution in [0.15, 0.2) is 12.3 Å². The lowest BCUT2D eigenvalue weighted by Crippen LogP contribution is -2.25. The number of nitrogens with zero attached hydrogens (tertiary/aromatic N) is 2. The predicted octanol–water partition coefficient (Wildman–Crippen LogP) is 1.97. The molecule has 0 saturated heterocycles. The maximum absolute atomic E-state index is 5.56. The number of hydrogen-bond acceptors (Lipinski definition) is 4. The number of aryl methyl sites for hydroxylation is 1. The number of hydrogen-bond donors (Lipinski definition) is 1. The molecule has 0 saturated carbocycles. The third-order valence-electron chi connectivity index (χ3n) is 2.73. The summed E-state index contributed by atoms with van der Waals surface area (Å²) in [5.74, 6) is 1.03. The normalized spacial score (nSPS) is 11.0. The standard InChI is InChI=1S/C14H25N3O/c1-11(2)18-7-6-17(5)14-12(3)8-13(9-15-4)10-16-14/h8,10-11,15H,6-7,9H2,1-5H3. The van der Waals surface area contributed by atoms with Gasteiger partial charge < -0.3 is 15.0 Å². The molecule has 0 atom stereocenters. The lowest BCUT2D eigenvalue weighted by Gasteiger charge is -2.21. The van der Waals surface area contributed by atoms with Crippen LogP contribution in [0.25, 0.3) is 0 Å². The monoisotopic (exact) mass is 251 g/mol. The van der Waals surface area contributed by atoms with Crippen LogP contribution in [0.3, 0.4) is 0 Å². The molecule has 0 aliphatic carbocycles. The number of pyridine rings is 1. The molecule has 0 aliphatic heterocycles. The summed E-state index contributed by atoms with van der Waals surface area (Å²) in [6.07, 6.45) is 2.21. The molecule has 0 aliphatic rings. The van der Waals surface area contributed by atoms with E-state index in [2.05, 4.69) is 49.1 Å². The van der Waals surface area contributed by atoms with Crippen LogP contribution < -0.4 is 10.2 Å². The highest BCUT2D eigenvalue weighted by Gasteiger charge is 2.07. The number of aromatic nitrogens is 1. The summed E-state index contributed by atoms with van der Waals surface area (Å²) in [4.78, 5) is 6.66. The van der Waals surface area contributed by atoms with E-state index in [0.29, 0.717) is 0 Å². The molecule has 0 aromatic carbocycles. The van der Waals surface area contributed by atoms with Gasteiger partial charge in [0.15, 0.2) is 0 Å². The van der Waals surface area contributed by atoms with Crippen LogP contribution in [0.2, 0.25) is 0 Å².